The number of ether oxygens (including phenoxy) is 1. The molecule has 0 aliphatic carbocycles. The first-order valence-corrected chi connectivity index (χ1v) is 3.58. The van der Waals surface area contributed by atoms with E-state index in [2.05, 4.69) is 4.74 Å². The van der Waals surface area contributed by atoms with Crippen LogP contribution in [0.3, 0.4) is 0 Å². The van der Waals surface area contributed by atoms with Crippen molar-refractivity contribution >= 4 is 5.97 Å². The third-order valence-corrected chi connectivity index (χ3v) is 1.16. The molecule has 0 bridgehead atoms. The molecule has 0 amide bonds. The van der Waals surface area contributed by atoms with E-state index in [9.17, 15) is 4.79 Å². The zero-order valence-corrected chi connectivity index (χ0v) is 6.91. The van der Waals surface area contributed by atoms with Crippen molar-refractivity contribution in [2.75, 3.05) is 7.11 Å². The Bertz CT molecular complexity index is 138. The number of carbonyl (C=O) groups excluding carboxylic acids is 1. The summed E-state index contributed by atoms with van der Waals surface area (Å²) in [6.07, 6.45) is 3.97. The van der Waals surface area contributed by atoms with Crippen LogP contribution in [-0.2, 0) is 9.53 Å². The lowest BCUT2D eigenvalue weighted by molar-refractivity contribution is -0.140. The van der Waals surface area contributed by atoms with Gasteiger partial charge in [0.05, 0.1) is 13.2 Å². The Balaban J connectivity index is 3.34. The van der Waals surface area contributed by atoms with E-state index in [1.807, 2.05) is 0 Å². The summed E-state index contributed by atoms with van der Waals surface area (Å²) in [5.41, 5.74) is 0. The summed E-state index contributed by atoms with van der Waals surface area (Å²) in [6, 6.07) is 0. The molecule has 1 N–H and O–H groups in total. The van der Waals surface area contributed by atoms with E-state index < -0.39 is 6.10 Å². The maximum absolute atomic E-state index is 10.5. The first-order chi connectivity index (χ1) is 5.16. The van der Waals surface area contributed by atoms with Gasteiger partial charge in [-0.2, -0.15) is 0 Å². The van der Waals surface area contributed by atoms with Crippen LogP contribution in [0.15, 0.2) is 12.2 Å². The van der Waals surface area contributed by atoms with E-state index in [0.29, 0.717) is 12.8 Å². The minimum absolute atomic E-state index is 0.222. The second kappa shape index (κ2) is 5.92. The molecule has 0 spiro atoms. The zero-order chi connectivity index (χ0) is 8.69. The van der Waals surface area contributed by atoms with E-state index in [1.165, 1.54) is 7.11 Å². The number of hydrogen-bond acceptors (Lipinski definition) is 3. The van der Waals surface area contributed by atoms with Gasteiger partial charge in [-0.15, -0.1) is 0 Å². The van der Waals surface area contributed by atoms with E-state index in [4.69, 9.17) is 5.11 Å². The average molecular weight is 158 g/mol. The third-order valence-electron chi connectivity index (χ3n) is 1.16. The molecule has 3 nitrogen and oxygen atoms in total. The lowest BCUT2D eigenvalue weighted by Crippen LogP contribution is -1.98. The van der Waals surface area contributed by atoms with Crippen molar-refractivity contribution in [1.29, 1.82) is 0 Å². The Morgan fingerprint density at radius 3 is 2.82 bits per heavy atom. The predicted molar refractivity (Wildman–Crippen MR) is 42.1 cm³/mol. The summed E-state index contributed by atoms with van der Waals surface area (Å²) in [6.45, 7) is 1.66. The Hall–Kier alpha value is -0.830. The van der Waals surface area contributed by atoms with Gasteiger partial charge >= 0.3 is 5.97 Å². The Labute approximate surface area is 66.7 Å². The molecule has 3 heteroatoms. The zero-order valence-electron chi connectivity index (χ0n) is 6.91. The quantitative estimate of drug-likeness (QED) is 0.488. The van der Waals surface area contributed by atoms with Gasteiger partial charge in [-0.25, -0.2) is 0 Å². The molecule has 0 heterocycles. The van der Waals surface area contributed by atoms with Crippen molar-refractivity contribution in [2.24, 2.45) is 0 Å². The van der Waals surface area contributed by atoms with Gasteiger partial charge in [0.15, 0.2) is 0 Å². The first kappa shape index (κ1) is 10.2. The van der Waals surface area contributed by atoms with Gasteiger partial charge in [-0.05, 0) is 13.3 Å². The number of hydrogen-bond donors (Lipinski definition) is 1. The molecule has 0 radical (unpaired) electrons. The number of aliphatic hydroxyl groups is 1. The van der Waals surface area contributed by atoms with Gasteiger partial charge in [0.2, 0.25) is 0 Å². The highest BCUT2D eigenvalue weighted by molar-refractivity contribution is 5.69. The monoisotopic (exact) mass is 158 g/mol. The smallest absolute Gasteiger partial charge is 0.305 e. The number of aliphatic hydroxyl groups excluding tert-OH is 1. The van der Waals surface area contributed by atoms with Crippen molar-refractivity contribution in [3.05, 3.63) is 12.2 Å². The van der Waals surface area contributed by atoms with Crippen LogP contribution < -0.4 is 0 Å². The molecule has 64 valence electrons. The highest BCUT2D eigenvalue weighted by atomic mass is 16.5. The first-order valence-electron chi connectivity index (χ1n) is 3.58. The number of rotatable bonds is 4. The number of allylic oxidation sites excluding steroid dienone is 1. The molecule has 0 fully saturated rings. The molecule has 1 unspecified atom stereocenters. The fourth-order valence-electron chi connectivity index (χ4n) is 0.596. The summed E-state index contributed by atoms with van der Waals surface area (Å²) < 4.78 is 4.42. The highest BCUT2D eigenvalue weighted by Crippen LogP contribution is 1.94. The summed E-state index contributed by atoms with van der Waals surface area (Å²) in [4.78, 5) is 10.5. The van der Waals surface area contributed by atoms with E-state index in [-0.39, 0.29) is 5.97 Å². The van der Waals surface area contributed by atoms with Gasteiger partial charge in [-0.1, -0.05) is 12.2 Å². The fraction of sp³-hybridized carbons (Fsp3) is 0.625. The molecular formula is C8H14O3. The van der Waals surface area contributed by atoms with Crippen LogP contribution in [0.5, 0.6) is 0 Å². The lowest BCUT2D eigenvalue weighted by atomic mass is 10.2. The van der Waals surface area contributed by atoms with E-state index in [1.54, 1.807) is 19.1 Å². The lowest BCUT2D eigenvalue weighted by Gasteiger charge is -1.95. The largest absolute Gasteiger partial charge is 0.469 e. The fourth-order valence-corrected chi connectivity index (χ4v) is 0.596. The van der Waals surface area contributed by atoms with E-state index in [0.717, 1.165) is 0 Å². The summed E-state index contributed by atoms with van der Waals surface area (Å²) in [5, 5.41) is 8.77. The van der Waals surface area contributed by atoms with Crippen molar-refractivity contribution in [3.8, 4) is 0 Å². The number of methoxy groups -OCH3 is 1. The van der Waals surface area contributed by atoms with Crippen LogP contribution in [0.2, 0.25) is 0 Å². The summed E-state index contributed by atoms with van der Waals surface area (Å²) in [7, 11) is 1.36. The minimum atomic E-state index is -0.437. The standard InChI is InChI=1S/C8H14O3/c1-7(9)5-3-4-6-8(10)11-2/h3,5,7,9H,4,6H2,1-2H3. The summed E-state index contributed by atoms with van der Waals surface area (Å²) >= 11 is 0. The van der Waals surface area contributed by atoms with Crippen LogP contribution in [-0.4, -0.2) is 24.3 Å². The molecular weight excluding hydrogens is 144 g/mol. The van der Waals surface area contributed by atoms with Crippen LogP contribution in [0.4, 0.5) is 0 Å². The Kier molecular flexibility index (Phi) is 5.47. The molecule has 0 aromatic carbocycles. The van der Waals surface area contributed by atoms with Crippen molar-refractivity contribution < 1.29 is 14.6 Å². The molecule has 0 aliphatic heterocycles. The maximum atomic E-state index is 10.5. The minimum Gasteiger partial charge on any atom is -0.469 e. The van der Waals surface area contributed by atoms with Crippen LogP contribution in [0.1, 0.15) is 19.8 Å². The second-order valence-electron chi connectivity index (χ2n) is 2.28. The van der Waals surface area contributed by atoms with Gasteiger partial charge in [0, 0.05) is 6.42 Å². The molecule has 1 atom stereocenters. The number of esters is 1. The topological polar surface area (TPSA) is 46.5 Å². The van der Waals surface area contributed by atoms with Gasteiger partial charge in [-0.3, -0.25) is 4.79 Å². The molecule has 0 aromatic heterocycles. The SMILES string of the molecule is COC(=O)CCC=CC(C)O. The van der Waals surface area contributed by atoms with Crippen molar-refractivity contribution in [3.63, 3.8) is 0 Å². The van der Waals surface area contributed by atoms with Crippen molar-refractivity contribution in [1.82, 2.24) is 0 Å². The van der Waals surface area contributed by atoms with Crippen molar-refractivity contribution in [2.45, 2.75) is 25.9 Å². The highest BCUT2D eigenvalue weighted by Gasteiger charge is 1.95. The average Bonchev–Trinajstić information content (AvgIpc) is 1.97. The predicted octanol–water partition coefficient (Wildman–Crippen LogP) is 0.877. The van der Waals surface area contributed by atoms with Gasteiger partial charge in [0.1, 0.15) is 0 Å². The van der Waals surface area contributed by atoms with Crippen LogP contribution >= 0.6 is 0 Å². The molecule has 0 saturated carbocycles. The Morgan fingerprint density at radius 2 is 2.36 bits per heavy atom. The maximum Gasteiger partial charge on any atom is 0.305 e. The summed E-state index contributed by atoms with van der Waals surface area (Å²) in [5.74, 6) is -0.222. The van der Waals surface area contributed by atoms with Gasteiger partial charge in [0.25, 0.3) is 0 Å². The van der Waals surface area contributed by atoms with Crippen LogP contribution in [0.25, 0.3) is 0 Å². The van der Waals surface area contributed by atoms with E-state index >= 15 is 0 Å². The molecule has 0 aromatic rings. The molecule has 0 saturated heterocycles. The molecule has 11 heavy (non-hydrogen) atoms. The molecule has 0 rings (SSSR count). The van der Waals surface area contributed by atoms with Gasteiger partial charge < -0.3 is 9.84 Å². The Morgan fingerprint density at radius 1 is 1.73 bits per heavy atom. The third kappa shape index (κ3) is 7.06. The number of carbonyl (C=O) groups is 1. The van der Waals surface area contributed by atoms with Crippen LogP contribution in [0, 0.1) is 0 Å². The second-order valence-corrected chi connectivity index (χ2v) is 2.28. The molecule has 0 aliphatic rings. The normalized spacial score (nSPS) is 13.4.